The molecule has 0 bridgehead atoms. The van der Waals surface area contributed by atoms with E-state index in [0.717, 1.165) is 19.3 Å². The Bertz CT molecular complexity index is 295. The van der Waals surface area contributed by atoms with Gasteiger partial charge >= 0.3 is 41.9 Å². The van der Waals surface area contributed by atoms with Crippen LogP contribution in [0.4, 0.5) is 0 Å². The van der Waals surface area contributed by atoms with Gasteiger partial charge in [0.1, 0.15) is 0 Å². The summed E-state index contributed by atoms with van der Waals surface area (Å²) in [5.41, 5.74) is 1.64. The molecule has 0 aromatic carbocycles. The molecule has 0 heterocycles. The molecule has 16 heavy (non-hydrogen) atoms. The Labute approximate surface area is 116 Å². The average molecular weight is 308 g/mol. The number of hydrogen-bond donors (Lipinski definition) is 0. The molecule has 0 aromatic heterocycles. The van der Waals surface area contributed by atoms with Gasteiger partial charge in [0.25, 0.3) is 0 Å². The van der Waals surface area contributed by atoms with Gasteiger partial charge in [-0.25, -0.2) is 23.8 Å². The Balaban J connectivity index is 0.000000222. The van der Waals surface area contributed by atoms with Crippen molar-refractivity contribution >= 4 is 5.43 Å². The van der Waals surface area contributed by atoms with Gasteiger partial charge in [-0.05, 0) is 0 Å². The van der Waals surface area contributed by atoms with Gasteiger partial charge in [-0.3, -0.25) is 12.2 Å². The van der Waals surface area contributed by atoms with E-state index in [1.54, 1.807) is 23.3 Å². The molecule has 2 aliphatic carbocycles. The van der Waals surface area contributed by atoms with Crippen LogP contribution in [0.15, 0.2) is 36.0 Å². The summed E-state index contributed by atoms with van der Waals surface area (Å²) in [7, 11) is 0. The zero-order valence-electron chi connectivity index (χ0n) is 10.5. The molecule has 0 aliphatic heterocycles. The zero-order valence-corrected chi connectivity index (χ0v) is 14.0. The van der Waals surface area contributed by atoms with Crippen molar-refractivity contribution in [1.29, 1.82) is 0 Å². The number of hydrogen-bond acceptors (Lipinski definition) is 0. The predicted molar refractivity (Wildman–Crippen MR) is 69.9 cm³/mol. The summed E-state index contributed by atoms with van der Waals surface area (Å²) < 4.78 is 0. The van der Waals surface area contributed by atoms with E-state index < -0.39 is 0 Å². The molecule has 2 heteroatoms. The van der Waals surface area contributed by atoms with Crippen molar-refractivity contribution in [3.63, 3.8) is 0 Å². The van der Waals surface area contributed by atoms with Crippen LogP contribution >= 0.6 is 0 Å². The Morgan fingerprint density at radius 3 is 2.19 bits per heavy atom. The fourth-order valence-electron chi connectivity index (χ4n) is 1.03. The Morgan fingerprint density at radius 1 is 1.31 bits per heavy atom. The van der Waals surface area contributed by atoms with Gasteiger partial charge in [0.15, 0.2) is 0 Å². The van der Waals surface area contributed by atoms with Crippen LogP contribution in [0.2, 0.25) is 13.1 Å². The maximum Gasteiger partial charge on any atom is -0.109 e. The topological polar surface area (TPSA) is 0 Å². The summed E-state index contributed by atoms with van der Waals surface area (Å²) in [6, 6.07) is 0. The molecule has 0 fully saturated rings. The molecule has 0 saturated carbocycles. The van der Waals surface area contributed by atoms with Gasteiger partial charge in [-0.2, -0.15) is 12.2 Å². The third kappa shape index (κ3) is 12.1. The molecule has 2 aliphatic rings. The maximum atomic E-state index is 3.11. The van der Waals surface area contributed by atoms with E-state index in [4.69, 9.17) is 0 Å². The van der Waals surface area contributed by atoms with Gasteiger partial charge in [0.05, 0.1) is 0 Å². The summed E-state index contributed by atoms with van der Waals surface area (Å²) in [6.07, 6.45) is 19.6. The van der Waals surface area contributed by atoms with E-state index in [2.05, 4.69) is 50.4 Å². The largest absolute Gasteiger partial charge is 0.273 e. The van der Waals surface area contributed by atoms with E-state index >= 15 is 0 Å². The fraction of sp³-hybridized carbons (Fsp3) is 0.429. The second-order valence-electron chi connectivity index (χ2n) is 3.69. The average Bonchev–Trinajstić information content (AvgIpc) is 2.94. The third-order valence-electron chi connectivity index (χ3n) is 1.76. The van der Waals surface area contributed by atoms with Gasteiger partial charge in [0, 0.05) is 0 Å². The zero-order chi connectivity index (χ0) is 12.2. The summed E-state index contributed by atoms with van der Waals surface area (Å²) >= 11 is 1.74. The van der Waals surface area contributed by atoms with E-state index in [1.807, 2.05) is 12.2 Å². The van der Waals surface area contributed by atoms with E-state index in [9.17, 15) is 0 Å². The molecule has 0 N–H and O–H groups in total. The molecule has 0 spiro atoms. The molecule has 0 unspecified atom stereocenters. The molecule has 0 aromatic rings. The molecule has 0 atom stereocenters. The van der Waals surface area contributed by atoms with Crippen molar-refractivity contribution in [2.45, 2.75) is 39.3 Å². The minimum absolute atomic E-state index is 0.210. The van der Waals surface area contributed by atoms with Crippen LogP contribution in [0, 0.1) is 12.2 Å². The molecule has 0 radical (unpaired) electrons. The first-order valence-corrected chi connectivity index (χ1v) is 11.8. The van der Waals surface area contributed by atoms with Crippen LogP contribution in [0.3, 0.4) is 0 Å². The smallest absolute Gasteiger partial charge is 0.109 e. The molecule has 0 amide bonds. The number of rotatable bonds is 1. The molecular formula is C14H20SiZr. The maximum absolute atomic E-state index is 3.11. The van der Waals surface area contributed by atoms with Gasteiger partial charge in [-0.15, -0.1) is 12.8 Å². The number of allylic oxidation sites excluding steroid dienone is 8. The van der Waals surface area contributed by atoms with Crippen molar-refractivity contribution < 1.29 is 23.3 Å². The van der Waals surface area contributed by atoms with Crippen LogP contribution in [-0.2, 0) is 23.3 Å². The van der Waals surface area contributed by atoms with Crippen LogP contribution in [0.25, 0.3) is 0 Å². The van der Waals surface area contributed by atoms with E-state index in [-0.39, 0.29) is 5.43 Å². The predicted octanol–water partition coefficient (Wildman–Crippen LogP) is 4.18. The Morgan fingerprint density at radius 2 is 2.00 bits per heavy atom. The van der Waals surface area contributed by atoms with Crippen LogP contribution < -0.4 is 0 Å². The summed E-state index contributed by atoms with van der Waals surface area (Å²) in [5, 5.41) is 0. The monoisotopic (exact) mass is 306 g/mol. The normalized spacial score (nSPS) is 14.9. The van der Waals surface area contributed by atoms with E-state index in [0.29, 0.717) is 0 Å². The standard InChI is InChI=1S/C7H9.C5H5.C2H6Si.Zr/c1-2-7-5-3-4-6-7;1-2-4-5-3-1;1-3-2;/h5-6H,2-3H2,1H3;1-3H,4H2;1-2H3;/q2*-1;;+2. The second-order valence-corrected chi connectivity index (χ2v) is 13.1. The minimum atomic E-state index is 0.210. The minimum Gasteiger partial charge on any atom is -0.273 e. The second kappa shape index (κ2) is 11.5. The third-order valence-corrected chi connectivity index (χ3v) is 1.76. The molecule has 2 rings (SSSR count). The van der Waals surface area contributed by atoms with Gasteiger partial charge in [0.2, 0.25) is 0 Å². The summed E-state index contributed by atoms with van der Waals surface area (Å²) in [5.74, 6) is 0. The Hall–Kier alpha value is 0.0600. The molecule has 0 saturated heterocycles. The van der Waals surface area contributed by atoms with Crippen molar-refractivity contribution in [3.8, 4) is 0 Å². The van der Waals surface area contributed by atoms with Crippen LogP contribution in [0.5, 0.6) is 0 Å². The fourth-order valence-corrected chi connectivity index (χ4v) is 1.03. The van der Waals surface area contributed by atoms with Crippen LogP contribution in [0.1, 0.15) is 26.2 Å². The molecule has 0 nitrogen and oxygen atoms in total. The summed E-state index contributed by atoms with van der Waals surface area (Å²) in [6.45, 7) is 6.78. The van der Waals surface area contributed by atoms with Crippen molar-refractivity contribution in [2.24, 2.45) is 0 Å². The van der Waals surface area contributed by atoms with Gasteiger partial charge < -0.3 is 0 Å². The van der Waals surface area contributed by atoms with Crippen molar-refractivity contribution in [1.82, 2.24) is 0 Å². The van der Waals surface area contributed by atoms with Gasteiger partial charge in [-0.1, -0.05) is 13.3 Å². The molecule has 84 valence electrons. The quantitative estimate of drug-likeness (QED) is 0.504. The van der Waals surface area contributed by atoms with Crippen molar-refractivity contribution in [2.75, 3.05) is 0 Å². The van der Waals surface area contributed by atoms with Crippen molar-refractivity contribution in [3.05, 3.63) is 48.1 Å². The van der Waals surface area contributed by atoms with E-state index in [1.165, 1.54) is 5.57 Å². The summed E-state index contributed by atoms with van der Waals surface area (Å²) in [4.78, 5) is 0. The first-order valence-electron chi connectivity index (χ1n) is 5.66. The Kier molecular flexibility index (Phi) is 11.6. The first kappa shape index (κ1) is 16.1. The SMILES string of the molecule is CCC1=CC[C-]=C1.C[Si](C)=[Zr+2].[C-]1=CC=CC1. The van der Waals surface area contributed by atoms with Crippen LogP contribution in [-0.4, -0.2) is 5.43 Å². The first-order chi connectivity index (χ1) is 7.66. The molecular weight excluding hydrogens is 287 g/mol.